The van der Waals surface area contributed by atoms with Gasteiger partial charge in [0.25, 0.3) is 0 Å². The van der Waals surface area contributed by atoms with E-state index < -0.39 is 0 Å². The van der Waals surface area contributed by atoms with E-state index in [0.717, 1.165) is 54.0 Å². The summed E-state index contributed by atoms with van der Waals surface area (Å²) >= 11 is 0. The van der Waals surface area contributed by atoms with Crippen molar-refractivity contribution in [2.24, 2.45) is 5.92 Å². The minimum absolute atomic E-state index is 0.0597. The van der Waals surface area contributed by atoms with E-state index in [1.165, 1.54) is 44.1 Å². The molecule has 2 atom stereocenters. The van der Waals surface area contributed by atoms with Gasteiger partial charge in [-0.2, -0.15) is 5.26 Å². The zero-order chi connectivity index (χ0) is 22.8. The van der Waals surface area contributed by atoms with Crippen LogP contribution in [0.3, 0.4) is 0 Å². The van der Waals surface area contributed by atoms with Gasteiger partial charge >= 0.3 is 0 Å². The first kappa shape index (κ1) is 21.9. The van der Waals surface area contributed by atoms with Crippen LogP contribution in [0.15, 0.2) is 54.7 Å². The fourth-order valence-electron chi connectivity index (χ4n) is 6.33. The number of carbonyl (C=O) groups excluding carboxylic acids is 1. The second kappa shape index (κ2) is 9.53. The van der Waals surface area contributed by atoms with Gasteiger partial charge in [0.1, 0.15) is 6.07 Å². The lowest BCUT2D eigenvalue weighted by Crippen LogP contribution is -2.43. The van der Waals surface area contributed by atoms with Crippen molar-refractivity contribution in [3.8, 4) is 6.07 Å². The lowest BCUT2D eigenvalue weighted by molar-refractivity contribution is 0.0978. The molecule has 2 fully saturated rings. The quantitative estimate of drug-likeness (QED) is 0.406. The van der Waals surface area contributed by atoms with Gasteiger partial charge in [0, 0.05) is 42.3 Å². The molecular weight excluding hydrogens is 406 g/mol. The number of rotatable bonds is 8. The monoisotopic (exact) mass is 439 g/mol. The molecule has 0 spiro atoms. The van der Waals surface area contributed by atoms with Gasteiger partial charge in [-0.3, -0.25) is 9.69 Å². The van der Waals surface area contributed by atoms with Crippen molar-refractivity contribution in [3.63, 3.8) is 0 Å². The number of aromatic nitrogens is 1. The van der Waals surface area contributed by atoms with Crippen molar-refractivity contribution in [1.29, 1.82) is 5.26 Å². The predicted molar refractivity (Wildman–Crippen MR) is 132 cm³/mol. The number of nitriles is 1. The summed E-state index contributed by atoms with van der Waals surface area (Å²) in [6.45, 7) is 3.55. The summed E-state index contributed by atoms with van der Waals surface area (Å²) in [4.78, 5) is 14.9. The molecule has 2 aromatic carbocycles. The first-order valence-electron chi connectivity index (χ1n) is 12.5. The Kier molecular flexibility index (Phi) is 6.33. The highest BCUT2D eigenvalue weighted by Crippen LogP contribution is 2.40. The second-order valence-corrected chi connectivity index (χ2v) is 9.94. The number of para-hydroxylation sites is 1. The smallest absolute Gasteiger partial charge is 0.161 e. The minimum atomic E-state index is 0.0597. The van der Waals surface area contributed by atoms with Crippen molar-refractivity contribution in [1.82, 2.24) is 9.47 Å². The molecule has 2 saturated heterocycles. The minimum Gasteiger partial charge on any atom is -0.346 e. The Balaban J connectivity index is 1.21. The van der Waals surface area contributed by atoms with E-state index in [9.17, 15) is 10.1 Å². The molecule has 33 heavy (non-hydrogen) atoms. The summed E-state index contributed by atoms with van der Waals surface area (Å²) in [7, 11) is 0. The van der Waals surface area contributed by atoms with Crippen LogP contribution in [0.4, 0.5) is 0 Å². The molecule has 0 N–H and O–H groups in total. The largest absolute Gasteiger partial charge is 0.346 e. The maximum Gasteiger partial charge on any atom is 0.161 e. The Morgan fingerprint density at radius 3 is 2.48 bits per heavy atom. The first-order valence-corrected chi connectivity index (χ1v) is 12.5. The van der Waals surface area contributed by atoms with E-state index in [-0.39, 0.29) is 5.78 Å². The van der Waals surface area contributed by atoms with E-state index in [0.29, 0.717) is 5.56 Å². The summed E-state index contributed by atoms with van der Waals surface area (Å²) in [5.41, 5.74) is 3.75. The van der Waals surface area contributed by atoms with E-state index in [1.54, 1.807) is 6.92 Å². The molecule has 5 rings (SSSR count). The van der Waals surface area contributed by atoms with Gasteiger partial charge in [-0.15, -0.1) is 0 Å². The van der Waals surface area contributed by atoms with Gasteiger partial charge in [0.15, 0.2) is 5.78 Å². The lowest BCUT2D eigenvalue weighted by Gasteiger charge is -2.39. The summed E-state index contributed by atoms with van der Waals surface area (Å²) in [6.07, 6.45) is 10.9. The number of hydrogen-bond donors (Lipinski definition) is 0. The SMILES string of the molecule is CC(=O)c1cn(CCCN2C3CCC2CC(CCc2ccccc2)C3)c2c(C#N)cccc12. The number of carbonyl (C=O) groups is 1. The van der Waals surface area contributed by atoms with Crippen LogP contribution in [0.5, 0.6) is 0 Å². The highest BCUT2D eigenvalue weighted by atomic mass is 16.1. The third-order valence-corrected chi connectivity index (χ3v) is 7.88. The summed E-state index contributed by atoms with van der Waals surface area (Å²) < 4.78 is 2.14. The van der Waals surface area contributed by atoms with Gasteiger partial charge in [-0.05, 0) is 69.4 Å². The molecule has 1 aromatic heterocycles. The van der Waals surface area contributed by atoms with Crippen LogP contribution >= 0.6 is 0 Å². The molecule has 0 radical (unpaired) electrons. The Morgan fingerprint density at radius 1 is 1.03 bits per heavy atom. The number of benzene rings is 2. The van der Waals surface area contributed by atoms with Crippen molar-refractivity contribution in [2.45, 2.75) is 70.5 Å². The zero-order valence-electron chi connectivity index (χ0n) is 19.5. The lowest BCUT2D eigenvalue weighted by atomic mass is 9.86. The number of Topliss-reactive ketones (excluding diaryl/α,β-unsaturated/α-hetero) is 1. The highest BCUT2D eigenvalue weighted by Gasteiger charge is 2.39. The fourth-order valence-corrected chi connectivity index (χ4v) is 6.33. The maximum absolute atomic E-state index is 12.2. The third kappa shape index (κ3) is 4.48. The number of hydrogen-bond acceptors (Lipinski definition) is 3. The molecule has 0 saturated carbocycles. The van der Waals surface area contributed by atoms with Crippen LogP contribution in [0.1, 0.15) is 66.9 Å². The van der Waals surface area contributed by atoms with Crippen LogP contribution < -0.4 is 0 Å². The van der Waals surface area contributed by atoms with E-state index in [4.69, 9.17) is 0 Å². The summed E-state index contributed by atoms with van der Waals surface area (Å²) in [6, 6.07) is 20.4. The van der Waals surface area contributed by atoms with Crippen LogP contribution in [0.25, 0.3) is 10.9 Å². The molecule has 2 bridgehead atoms. The summed E-state index contributed by atoms with van der Waals surface area (Å²) in [5.74, 6) is 0.910. The van der Waals surface area contributed by atoms with Gasteiger partial charge < -0.3 is 4.57 Å². The van der Waals surface area contributed by atoms with Gasteiger partial charge in [0.05, 0.1) is 11.1 Å². The molecule has 0 amide bonds. The predicted octanol–water partition coefficient (Wildman–Crippen LogP) is 5.98. The van der Waals surface area contributed by atoms with E-state index in [2.05, 4.69) is 45.9 Å². The Morgan fingerprint density at radius 2 is 1.79 bits per heavy atom. The fraction of sp³-hybridized carbons (Fsp3) is 0.448. The average molecular weight is 440 g/mol. The average Bonchev–Trinajstić information content (AvgIpc) is 3.32. The first-order chi connectivity index (χ1) is 16.1. The number of ketones is 1. The molecule has 4 heteroatoms. The number of nitrogens with zero attached hydrogens (tertiary/aromatic N) is 3. The molecule has 170 valence electrons. The van der Waals surface area contributed by atoms with E-state index >= 15 is 0 Å². The molecule has 4 nitrogen and oxygen atoms in total. The topological polar surface area (TPSA) is 49.0 Å². The molecule has 0 aliphatic carbocycles. The molecule has 3 heterocycles. The zero-order valence-corrected chi connectivity index (χ0v) is 19.5. The van der Waals surface area contributed by atoms with Crippen molar-refractivity contribution < 1.29 is 4.79 Å². The van der Waals surface area contributed by atoms with Crippen LogP contribution in [0, 0.1) is 17.2 Å². The Bertz CT molecular complexity index is 1160. The van der Waals surface area contributed by atoms with Gasteiger partial charge in [0.2, 0.25) is 0 Å². The number of piperidine rings is 1. The van der Waals surface area contributed by atoms with Gasteiger partial charge in [-0.25, -0.2) is 0 Å². The van der Waals surface area contributed by atoms with Gasteiger partial charge in [-0.1, -0.05) is 42.5 Å². The molecule has 2 aliphatic heterocycles. The number of fused-ring (bicyclic) bond motifs is 3. The normalized spacial score (nSPS) is 22.5. The third-order valence-electron chi connectivity index (χ3n) is 7.88. The molecule has 3 aromatic rings. The van der Waals surface area contributed by atoms with Crippen molar-refractivity contribution in [3.05, 3.63) is 71.4 Å². The Hall–Kier alpha value is -2.90. The molecular formula is C29H33N3O. The van der Waals surface area contributed by atoms with Crippen molar-refractivity contribution in [2.75, 3.05) is 6.54 Å². The molecule has 2 aliphatic rings. The standard InChI is InChI=1S/C29H33N3O/c1-21(33)28-20-31(29-24(19-30)9-5-10-27(28)29)15-6-16-32-25-13-14-26(32)18-23(17-25)12-11-22-7-3-2-4-8-22/h2-5,7-10,20,23,25-26H,6,11-18H2,1H3. The Labute approximate surface area is 196 Å². The van der Waals surface area contributed by atoms with Crippen LogP contribution in [0.2, 0.25) is 0 Å². The second-order valence-electron chi connectivity index (χ2n) is 9.94. The van der Waals surface area contributed by atoms with E-state index in [1.807, 2.05) is 24.4 Å². The number of aryl methyl sites for hydroxylation is 2. The maximum atomic E-state index is 12.2. The summed E-state index contributed by atoms with van der Waals surface area (Å²) in [5, 5.41) is 10.5. The molecule has 2 unspecified atom stereocenters. The van der Waals surface area contributed by atoms with Crippen LogP contribution in [-0.2, 0) is 13.0 Å². The van der Waals surface area contributed by atoms with Crippen molar-refractivity contribution >= 4 is 16.7 Å². The highest BCUT2D eigenvalue weighted by molar-refractivity contribution is 6.08. The van der Waals surface area contributed by atoms with Crippen LogP contribution in [-0.4, -0.2) is 33.9 Å².